The first-order valence-corrected chi connectivity index (χ1v) is 13.3. The van der Waals surface area contributed by atoms with E-state index in [2.05, 4.69) is 16.0 Å². The lowest BCUT2D eigenvalue weighted by atomic mass is 10.0. The van der Waals surface area contributed by atoms with Crippen LogP contribution in [0.4, 0.5) is 0 Å². The van der Waals surface area contributed by atoms with Crippen LogP contribution in [0, 0.1) is 0 Å². The number of benzene rings is 3. The standard InChI is InChI=1S/C30H36N4O7/c1-2-13-32-24(16-20-7-12-26(37)27(38)17-20)29(40)34-25(15-19-5-10-22(36)11-6-19)30(41)33-23(28(31)39)14-18-3-8-21(35)9-4-18/h3-12,17,23-25,32,35-38H,2,13-16H2,1H3,(H2,31,39)(H,33,41)(H,34,40)/t23-,24-,25-/m0/s1. The Hall–Kier alpha value is -4.77. The largest absolute Gasteiger partial charge is 0.508 e. The highest BCUT2D eigenvalue weighted by Gasteiger charge is 2.29. The molecule has 0 fully saturated rings. The summed E-state index contributed by atoms with van der Waals surface area (Å²) in [4.78, 5) is 39.2. The molecular formula is C30H36N4O7. The van der Waals surface area contributed by atoms with Crippen molar-refractivity contribution in [2.75, 3.05) is 6.54 Å². The second-order valence-corrected chi connectivity index (χ2v) is 9.80. The Labute approximate surface area is 238 Å². The van der Waals surface area contributed by atoms with Crippen LogP contribution >= 0.6 is 0 Å². The average Bonchev–Trinajstić information content (AvgIpc) is 2.94. The highest BCUT2D eigenvalue weighted by Crippen LogP contribution is 2.25. The van der Waals surface area contributed by atoms with E-state index in [1.54, 1.807) is 30.3 Å². The summed E-state index contributed by atoms with van der Waals surface area (Å²) in [6.07, 6.45) is 1.03. The SMILES string of the molecule is CCCN[C@@H](Cc1ccc(O)c(O)c1)C(=O)N[C@@H](Cc1ccc(O)cc1)C(=O)N[C@@H](Cc1ccc(O)cc1)C(N)=O. The Morgan fingerprint density at radius 1 is 0.659 bits per heavy atom. The highest BCUT2D eigenvalue weighted by atomic mass is 16.3. The van der Waals surface area contributed by atoms with Crippen molar-refractivity contribution in [1.82, 2.24) is 16.0 Å². The quantitative estimate of drug-likeness (QED) is 0.134. The summed E-state index contributed by atoms with van der Waals surface area (Å²) in [6, 6.07) is 13.6. The molecule has 41 heavy (non-hydrogen) atoms. The normalized spacial score (nSPS) is 13.1. The highest BCUT2D eigenvalue weighted by molar-refractivity contribution is 5.93. The van der Waals surface area contributed by atoms with Gasteiger partial charge < -0.3 is 42.1 Å². The number of phenolic OH excluding ortho intramolecular Hbond substituents is 4. The molecule has 3 amide bonds. The summed E-state index contributed by atoms with van der Waals surface area (Å²) in [5.41, 5.74) is 7.48. The molecule has 0 bridgehead atoms. The third-order valence-electron chi connectivity index (χ3n) is 6.48. The molecule has 0 unspecified atom stereocenters. The number of amides is 3. The van der Waals surface area contributed by atoms with Crippen LogP contribution in [-0.2, 0) is 33.6 Å². The minimum atomic E-state index is -1.10. The molecule has 218 valence electrons. The number of hydrogen-bond donors (Lipinski definition) is 8. The molecular weight excluding hydrogens is 528 g/mol. The van der Waals surface area contributed by atoms with Crippen LogP contribution in [0.5, 0.6) is 23.0 Å². The van der Waals surface area contributed by atoms with Crippen molar-refractivity contribution < 1.29 is 34.8 Å². The Balaban J connectivity index is 1.82. The Morgan fingerprint density at radius 2 is 1.12 bits per heavy atom. The predicted molar refractivity (Wildman–Crippen MR) is 152 cm³/mol. The van der Waals surface area contributed by atoms with Crippen molar-refractivity contribution >= 4 is 17.7 Å². The molecule has 3 rings (SSSR count). The predicted octanol–water partition coefficient (Wildman–Crippen LogP) is 1.36. The van der Waals surface area contributed by atoms with E-state index in [1.807, 2.05) is 6.92 Å². The van der Waals surface area contributed by atoms with Crippen molar-refractivity contribution in [2.24, 2.45) is 5.73 Å². The first-order valence-electron chi connectivity index (χ1n) is 13.3. The van der Waals surface area contributed by atoms with Crippen LogP contribution in [0.15, 0.2) is 66.7 Å². The number of nitrogens with one attached hydrogen (secondary N) is 3. The lowest BCUT2D eigenvalue weighted by molar-refractivity contribution is -0.132. The molecule has 0 aliphatic carbocycles. The zero-order valence-electron chi connectivity index (χ0n) is 22.7. The molecule has 11 heteroatoms. The van der Waals surface area contributed by atoms with Gasteiger partial charge in [-0.15, -0.1) is 0 Å². The van der Waals surface area contributed by atoms with Gasteiger partial charge in [0.25, 0.3) is 0 Å². The van der Waals surface area contributed by atoms with Crippen LogP contribution in [0.2, 0.25) is 0 Å². The van der Waals surface area contributed by atoms with E-state index in [0.717, 1.165) is 6.42 Å². The number of primary amides is 1. The van der Waals surface area contributed by atoms with E-state index in [9.17, 15) is 34.8 Å². The molecule has 0 radical (unpaired) electrons. The smallest absolute Gasteiger partial charge is 0.243 e. The fourth-order valence-corrected chi connectivity index (χ4v) is 4.22. The zero-order valence-corrected chi connectivity index (χ0v) is 22.7. The van der Waals surface area contributed by atoms with Crippen LogP contribution in [-0.4, -0.2) is 62.8 Å². The van der Waals surface area contributed by atoms with Crippen molar-refractivity contribution in [3.8, 4) is 23.0 Å². The van der Waals surface area contributed by atoms with Gasteiger partial charge in [-0.2, -0.15) is 0 Å². The number of hydrogen-bond acceptors (Lipinski definition) is 8. The summed E-state index contributed by atoms with van der Waals surface area (Å²) in [6.45, 7) is 2.45. The van der Waals surface area contributed by atoms with Crippen molar-refractivity contribution in [1.29, 1.82) is 0 Å². The van der Waals surface area contributed by atoms with E-state index < -0.39 is 35.8 Å². The third-order valence-corrected chi connectivity index (χ3v) is 6.48. The van der Waals surface area contributed by atoms with Gasteiger partial charge in [-0.3, -0.25) is 14.4 Å². The van der Waals surface area contributed by atoms with Crippen molar-refractivity contribution in [2.45, 2.75) is 50.7 Å². The van der Waals surface area contributed by atoms with Gasteiger partial charge in [-0.25, -0.2) is 0 Å². The van der Waals surface area contributed by atoms with Crippen molar-refractivity contribution in [3.05, 3.63) is 83.4 Å². The van der Waals surface area contributed by atoms with E-state index in [4.69, 9.17) is 5.73 Å². The Kier molecular flexibility index (Phi) is 10.9. The summed E-state index contributed by atoms with van der Waals surface area (Å²) in [7, 11) is 0. The maximum atomic E-state index is 13.5. The number of rotatable bonds is 14. The molecule has 3 aromatic rings. The Morgan fingerprint density at radius 3 is 1.63 bits per heavy atom. The Bertz CT molecular complexity index is 1330. The molecule has 0 aliphatic rings. The van der Waals surface area contributed by atoms with Crippen LogP contribution in [0.1, 0.15) is 30.0 Å². The van der Waals surface area contributed by atoms with Gasteiger partial charge in [0.2, 0.25) is 17.7 Å². The number of carbonyl (C=O) groups is 3. The summed E-state index contributed by atoms with van der Waals surface area (Å²) in [5.74, 6) is -2.38. The summed E-state index contributed by atoms with van der Waals surface area (Å²) in [5, 5.41) is 47.3. The average molecular weight is 565 g/mol. The van der Waals surface area contributed by atoms with Crippen LogP contribution in [0.3, 0.4) is 0 Å². The number of carbonyl (C=O) groups excluding carboxylic acids is 3. The molecule has 3 aromatic carbocycles. The fraction of sp³-hybridized carbons (Fsp3) is 0.300. The second-order valence-electron chi connectivity index (χ2n) is 9.80. The maximum Gasteiger partial charge on any atom is 0.243 e. The molecule has 0 aromatic heterocycles. The van der Waals surface area contributed by atoms with E-state index in [0.29, 0.717) is 23.2 Å². The molecule has 0 heterocycles. The van der Waals surface area contributed by atoms with Gasteiger partial charge in [0.15, 0.2) is 11.5 Å². The van der Waals surface area contributed by atoms with Gasteiger partial charge in [0, 0.05) is 12.8 Å². The minimum Gasteiger partial charge on any atom is -0.508 e. The monoisotopic (exact) mass is 564 g/mol. The van der Waals surface area contributed by atoms with Gasteiger partial charge in [-0.1, -0.05) is 37.3 Å². The van der Waals surface area contributed by atoms with Crippen LogP contribution in [0.25, 0.3) is 0 Å². The molecule has 0 saturated carbocycles. The molecule has 0 aliphatic heterocycles. The topological polar surface area (TPSA) is 194 Å². The molecule has 0 saturated heterocycles. The van der Waals surface area contributed by atoms with Gasteiger partial charge in [0.05, 0.1) is 6.04 Å². The number of phenols is 4. The van der Waals surface area contributed by atoms with Crippen LogP contribution < -0.4 is 21.7 Å². The van der Waals surface area contributed by atoms with Gasteiger partial charge in [0.1, 0.15) is 23.6 Å². The lowest BCUT2D eigenvalue weighted by Crippen LogP contribution is -2.57. The maximum absolute atomic E-state index is 13.5. The first kappa shape index (κ1) is 30.8. The zero-order chi connectivity index (χ0) is 29.9. The summed E-state index contributed by atoms with van der Waals surface area (Å²) >= 11 is 0. The fourth-order valence-electron chi connectivity index (χ4n) is 4.22. The second kappa shape index (κ2) is 14.6. The van der Waals surface area contributed by atoms with Gasteiger partial charge >= 0.3 is 0 Å². The molecule has 9 N–H and O–H groups in total. The molecule has 0 spiro atoms. The van der Waals surface area contributed by atoms with E-state index in [-0.39, 0.29) is 42.3 Å². The van der Waals surface area contributed by atoms with Crippen molar-refractivity contribution in [3.63, 3.8) is 0 Å². The van der Waals surface area contributed by atoms with E-state index >= 15 is 0 Å². The molecule has 3 atom stereocenters. The molecule has 11 nitrogen and oxygen atoms in total. The number of aromatic hydroxyl groups is 4. The lowest BCUT2D eigenvalue weighted by Gasteiger charge is -2.25. The minimum absolute atomic E-state index is 0.0439. The summed E-state index contributed by atoms with van der Waals surface area (Å²) < 4.78 is 0. The van der Waals surface area contributed by atoms with E-state index in [1.165, 1.54) is 36.4 Å². The number of nitrogens with two attached hydrogens (primary N) is 1. The van der Waals surface area contributed by atoms with Gasteiger partial charge in [-0.05, 0) is 72.5 Å². The first-order chi connectivity index (χ1) is 19.5. The third kappa shape index (κ3) is 9.43.